The molecule has 0 bridgehead atoms. The Morgan fingerprint density at radius 1 is 1.10 bits per heavy atom. The number of anilines is 1. The van der Waals surface area contributed by atoms with Gasteiger partial charge in [-0.2, -0.15) is 0 Å². The number of phenolic OH excluding ortho intramolecular Hbond substituents is 1. The predicted octanol–water partition coefficient (Wildman–Crippen LogP) is 4.08. The van der Waals surface area contributed by atoms with Crippen molar-refractivity contribution in [2.24, 2.45) is 0 Å². The summed E-state index contributed by atoms with van der Waals surface area (Å²) in [6.07, 6.45) is 1.50. The highest BCUT2D eigenvalue weighted by Crippen LogP contribution is 2.43. The zero-order chi connectivity index (χ0) is 22.1. The first-order valence-electron chi connectivity index (χ1n) is 9.27. The van der Waals surface area contributed by atoms with Gasteiger partial charge in [-0.05, 0) is 54.1 Å². The number of phenols is 1. The van der Waals surface area contributed by atoms with Gasteiger partial charge in [0.25, 0.3) is 5.78 Å². The van der Waals surface area contributed by atoms with Crippen LogP contribution >= 0.6 is 11.6 Å². The van der Waals surface area contributed by atoms with Crippen molar-refractivity contribution < 1.29 is 24.5 Å². The Balaban J connectivity index is 1.96. The highest BCUT2D eigenvalue weighted by Gasteiger charge is 2.47. The van der Waals surface area contributed by atoms with Gasteiger partial charge < -0.3 is 14.9 Å². The Morgan fingerprint density at radius 3 is 2.48 bits per heavy atom. The number of aliphatic hydroxyl groups is 1. The van der Waals surface area contributed by atoms with E-state index in [1.54, 1.807) is 48.5 Å². The highest BCUT2D eigenvalue weighted by atomic mass is 35.5. The molecule has 0 unspecified atom stereocenters. The molecule has 3 aromatic rings. The molecule has 1 aliphatic heterocycles. The van der Waals surface area contributed by atoms with Crippen molar-refractivity contribution in [1.82, 2.24) is 4.98 Å². The third-order valence-corrected chi connectivity index (χ3v) is 5.23. The molecule has 2 aromatic carbocycles. The molecular formula is C23H17ClN2O5. The molecule has 7 nitrogen and oxygen atoms in total. The Kier molecular flexibility index (Phi) is 5.35. The molecular weight excluding hydrogens is 420 g/mol. The lowest BCUT2D eigenvalue weighted by Gasteiger charge is -2.24. The molecule has 2 N–H and O–H groups in total. The summed E-state index contributed by atoms with van der Waals surface area (Å²) in [5.41, 5.74) is 0.680. The SMILES string of the molecule is COc1cc([C@@H]2C(=C(O)c3ccc(Cl)cc3)C(=O)C(=O)N2c2ccccn2)ccc1O. The van der Waals surface area contributed by atoms with Crippen molar-refractivity contribution in [3.8, 4) is 11.5 Å². The van der Waals surface area contributed by atoms with E-state index in [-0.39, 0.29) is 28.6 Å². The van der Waals surface area contributed by atoms with Gasteiger partial charge in [-0.25, -0.2) is 4.98 Å². The number of aliphatic hydroxyl groups excluding tert-OH is 1. The lowest BCUT2D eigenvalue weighted by molar-refractivity contribution is -0.132. The summed E-state index contributed by atoms with van der Waals surface area (Å²) in [4.78, 5) is 31.5. The molecule has 1 aliphatic rings. The number of amides is 1. The Bertz CT molecular complexity index is 1190. The lowest BCUT2D eigenvalue weighted by Crippen LogP contribution is -2.30. The fourth-order valence-electron chi connectivity index (χ4n) is 3.51. The zero-order valence-corrected chi connectivity index (χ0v) is 17.1. The molecule has 4 rings (SSSR count). The van der Waals surface area contributed by atoms with E-state index in [1.807, 2.05) is 0 Å². The average molecular weight is 437 g/mol. The summed E-state index contributed by atoms with van der Waals surface area (Å²) in [7, 11) is 1.39. The number of ketones is 1. The molecule has 0 aliphatic carbocycles. The van der Waals surface area contributed by atoms with Crippen molar-refractivity contribution in [1.29, 1.82) is 0 Å². The van der Waals surface area contributed by atoms with Crippen LogP contribution in [-0.2, 0) is 9.59 Å². The third-order valence-electron chi connectivity index (χ3n) is 4.98. The number of halogens is 1. The van der Waals surface area contributed by atoms with E-state index in [4.69, 9.17) is 16.3 Å². The summed E-state index contributed by atoms with van der Waals surface area (Å²) in [6.45, 7) is 0. The fraction of sp³-hybridized carbons (Fsp3) is 0.0870. The lowest BCUT2D eigenvalue weighted by atomic mass is 9.95. The van der Waals surface area contributed by atoms with Crippen LogP contribution in [-0.4, -0.2) is 34.0 Å². The molecule has 2 heterocycles. The van der Waals surface area contributed by atoms with Gasteiger partial charge in [0.2, 0.25) is 0 Å². The number of aromatic nitrogens is 1. The number of carbonyl (C=O) groups is 2. The van der Waals surface area contributed by atoms with E-state index in [0.717, 1.165) is 0 Å². The van der Waals surface area contributed by atoms with Crippen LogP contribution in [0.25, 0.3) is 5.76 Å². The first-order chi connectivity index (χ1) is 14.9. The van der Waals surface area contributed by atoms with E-state index in [1.165, 1.54) is 30.3 Å². The molecule has 1 atom stereocenters. The van der Waals surface area contributed by atoms with Gasteiger partial charge >= 0.3 is 5.91 Å². The summed E-state index contributed by atoms with van der Waals surface area (Å²) < 4.78 is 5.19. The maximum atomic E-state index is 13.0. The quantitative estimate of drug-likeness (QED) is 0.363. The monoisotopic (exact) mass is 436 g/mol. The number of nitrogens with zero attached hydrogens (tertiary/aromatic N) is 2. The molecule has 0 saturated carbocycles. The molecule has 0 spiro atoms. The number of hydrogen-bond donors (Lipinski definition) is 2. The minimum absolute atomic E-state index is 0.0984. The number of carbonyl (C=O) groups excluding carboxylic acids is 2. The van der Waals surface area contributed by atoms with E-state index in [9.17, 15) is 19.8 Å². The smallest absolute Gasteiger partial charge is 0.301 e. The first kappa shape index (κ1) is 20.4. The standard InChI is InChI=1S/C23H17ClN2O5/c1-31-17-12-14(7-10-16(17)27)20-19(21(28)13-5-8-15(24)9-6-13)22(29)23(30)26(20)18-4-2-3-11-25-18/h2-12,20,27-28H,1H3/t20-/m1/s1. The molecule has 156 valence electrons. The molecule has 1 amide bonds. The summed E-state index contributed by atoms with van der Waals surface area (Å²) in [5.74, 6) is -1.71. The number of aromatic hydroxyl groups is 1. The minimum Gasteiger partial charge on any atom is -0.507 e. The Hall–Kier alpha value is -3.84. The average Bonchev–Trinajstić information content (AvgIpc) is 3.05. The Labute approximate surface area is 182 Å². The minimum atomic E-state index is -0.986. The van der Waals surface area contributed by atoms with E-state index in [0.29, 0.717) is 16.1 Å². The van der Waals surface area contributed by atoms with Gasteiger partial charge in [0, 0.05) is 16.8 Å². The molecule has 1 aromatic heterocycles. The fourth-order valence-corrected chi connectivity index (χ4v) is 3.63. The van der Waals surface area contributed by atoms with Gasteiger partial charge in [-0.3, -0.25) is 14.5 Å². The van der Waals surface area contributed by atoms with Crippen molar-refractivity contribution in [3.63, 3.8) is 0 Å². The molecule has 0 radical (unpaired) electrons. The maximum absolute atomic E-state index is 13.0. The zero-order valence-electron chi connectivity index (χ0n) is 16.3. The Morgan fingerprint density at radius 2 is 1.84 bits per heavy atom. The van der Waals surface area contributed by atoms with Crippen LogP contribution < -0.4 is 9.64 Å². The maximum Gasteiger partial charge on any atom is 0.301 e. The van der Waals surface area contributed by atoms with Crippen molar-refractivity contribution in [2.75, 3.05) is 12.0 Å². The number of pyridine rings is 1. The van der Waals surface area contributed by atoms with Crippen LogP contribution in [0.4, 0.5) is 5.82 Å². The second kappa shape index (κ2) is 8.12. The van der Waals surface area contributed by atoms with Crippen molar-refractivity contribution in [3.05, 3.63) is 88.6 Å². The summed E-state index contributed by atoms with van der Waals surface area (Å²) in [5, 5.41) is 21.5. The van der Waals surface area contributed by atoms with Gasteiger partial charge in [-0.15, -0.1) is 0 Å². The van der Waals surface area contributed by atoms with E-state index < -0.39 is 17.7 Å². The van der Waals surface area contributed by atoms with Gasteiger partial charge in [0.05, 0.1) is 18.7 Å². The highest BCUT2D eigenvalue weighted by molar-refractivity contribution is 6.51. The number of benzene rings is 2. The van der Waals surface area contributed by atoms with Gasteiger partial charge in [0.15, 0.2) is 11.5 Å². The number of rotatable bonds is 4. The summed E-state index contributed by atoms with van der Waals surface area (Å²) in [6, 6.07) is 14.7. The van der Waals surface area contributed by atoms with Crippen LogP contribution in [0.15, 0.2) is 72.4 Å². The van der Waals surface area contributed by atoms with E-state index in [2.05, 4.69) is 4.98 Å². The van der Waals surface area contributed by atoms with Crippen LogP contribution in [0.3, 0.4) is 0 Å². The van der Waals surface area contributed by atoms with Crippen LogP contribution in [0, 0.1) is 0 Å². The van der Waals surface area contributed by atoms with Crippen molar-refractivity contribution >= 4 is 34.9 Å². The van der Waals surface area contributed by atoms with Gasteiger partial charge in [0.1, 0.15) is 11.6 Å². The summed E-state index contributed by atoms with van der Waals surface area (Å²) >= 11 is 5.93. The second-order valence-electron chi connectivity index (χ2n) is 6.80. The molecule has 1 saturated heterocycles. The van der Waals surface area contributed by atoms with E-state index >= 15 is 0 Å². The van der Waals surface area contributed by atoms with Gasteiger partial charge in [-0.1, -0.05) is 23.7 Å². The third kappa shape index (κ3) is 3.60. The number of Topliss-reactive ketones (excluding diaryl/α,β-unsaturated/α-hetero) is 1. The first-order valence-corrected chi connectivity index (χ1v) is 9.65. The number of hydrogen-bond acceptors (Lipinski definition) is 6. The van der Waals surface area contributed by atoms with Crippen LogP contribution in [0.5, 0.6) is 11.5 Å². The number of ether oxygens (including phenoxy) is 1. The second-order valence-corrected chi connectivity index (χ2v) is 7.23. The van der Waals surface area contributed by atoms with Crippen LogP contribution in [0.1, 0.15) is 17.2 Å². The predicted molar refractivity (Wildman–Crippen MR) is 115 cm³/mol. The number of methoxy groups -OCH3 is 1. The topological polar surface area (TPSA) is 100.0 Å². The van der Waals surface area contributed by atoms with Crippen LogP contribution in [0.2, 0.25) is 5.02 Å². The largest absolute Gasteiger partial charge is 0.507 e. The normalized spacial score (nSPS) is 17.7. The molecule has 1 fully saturated rings. The molecule has 8 heteroatoms. The molecule has 31 heavy (non-hydrogen) atoms. The van der Waals surface area contributed by atoms with Crippen molar-refractivity contribution in [2.45, 2.75) is 6.04 Å².